The molecule has 0 aromatic heterocycles. The van der Waals surface area contributed by atoms with E-state index in [0.717, 1.165) is 41.0 Å². The second kappa shape index (κ2) is 25.5. The Bertz CT molecular complexity index is 1920. The molecule has 2 amide bonds. The van der Waals surface area contributed by atoms with Gasteiger partial charge in [0.1, 0.15) is 0 Å². The van der Waals surface area contributed by atoms with Crippen LogP contribution in [0.15, 0.2) is 103 Å². The number of esters is 1. The molecular formula is C47H62N3O10P. The average molecular weight is 860 g/mol. The summed E-state index contributed by atoms with van der Waals surface area (Å²) >= 11 is 0. The van der Waals surface area contributed by atoms with E-state index in [9.17, 15) is 18.9 Å². The summed E-state index contributed by atoms with van der Waals surface area (Å²) in [7, 11) is -3.91. The number of aryl methyl sites for hydroxylation is 1. The van der Waals surface area contributed by atoms with Crippen molar-refractivity contribution in [3.8, 4) is 0 Å². The van der Waals surface area contributed by atoms with E-state index in [1.54, 1.807) is 0 Å². The van der Waals surface area contributed by atoms with Gasteiger partial charge in [-0.1, -0.05) is 119 Å². The number of urea groups is 1. The number of amides is 2. The van der Waals surface area contributed by atoms with Crippen LogP contribution in [0.2, 0.25) is 0 Å². The van der Waals surface area contributed by atoms with E-state index in [0.29, 0.717) is 42.5 Å². The van der Waals surface area contributed by atoms with Crippen molar-refractivity contribution in [2.24, 2.45) is 11.8 Å². The van der Waals surface area contributed by atoms with Gasteiger partial charge in [-0.15, -0.1) is 0 Å². The van der Waals surface area contributed by atoms with Crippen LogP contribution in [0.25, 0.3) is 0 Å². The summed E-state index contributed by atoms with van der Waals surface area (Å²) in [6.07, 6.45) is 0.411. The highest BCUT2D eigenvalue weighted by atomic mass is 31.2. The lowest BCUT2D eigenvalue weighted by molar-refractivity contribution is -0.153. The molecule has 1 atom stereocenters. The maximum absolute atomic E-state index is 13.4. The number of carbonyl (C=O) groups excluding carboxylic acids is 3. The van der Waals surface area contributed by atoms with Crippen molar-refractivity contribution < 1.29 is 46.7 Å². The number of phosphoric ester groups is 1. The van der Waals surface area contributed by atoms with Crippen molar-refractivity contribution in [2.75, 3.05) is 48.6 Å². The number of nitrogens with one attached hydrogen (secondary N) is 2. The second-order valence-corrected chi connectivity index (χ2v) is 17.3. The summed E-state index contributed by atoms with van der Waals surface area (Å²) < 4.78 is 45.6. The summed E-state index contributed by atoms with van der Waals surface area (Å²) in [5.41, 5.74) is 5.78. The summed E-state index contributed by atoms with van der Waals surface area (Å²) in [5.74, 6) is -0.0207. The first-order valence-electron chi connectivity index (χ1n) is 20.9. The largest absolute Gasteiger partial charge is 0.511 e. The van der Waals surface area contributed by atoms with Crippen LogP contribution in [-0.2, 0) is 50.4 Å². The highest BCUT2D eigenvalue weighted by Crippen LogP contribution is 2.51. The van der Waals surface area contributed by atoms with Crippen molar-refractivity contribution in [1.82, 2.24) is 0 Å². The third-order valence-electron chi connectivity index (χ3n) is 9.34. The Morgan fingerprint density at radius 2 is 1.28 bits per heavy atom. The summed E-state index contributed by atoms with van der Waals surface area (Å²) in [5, 5.41) is 5.98. The minimum Gasteiger partial charge on any atom is -0.434 e. The van der Waals surface area contributed by atoms with Gasteiger partial charge in [0.15, 0.2) is 0 Å². The Hall–Kier alpha value is -5.20. The average Bonchev–Trinajstić information content (AvgIpc) is 3.23. The number of anilines is 3. The molecule has 0 fully saturated rings. The molecule has 0 unspecified atom stereocenters. The topological polar surface area (TPSA) is 151 Å². The Morgan fingerprint density at radius 1 is 0.689 bits per heavy atom. The molecule has 330 valence electrons. The SMILES string of the molecule is CC[C@@H](CC(=O)OCOC(=O)OCCCCOP(=O)(OCc1ccccc1)OCc1ccccc1)c1ccc(N(CC(C)C)CC(C)C)c(NC(=O)Nc2ccc(C)cc2)c1. The zero-order valence-electron chi connectivity index (χ0n) is 36.3. The summed E-state index contributed by atoms with van der Waals surface area (Å²) in [6.45, 7) is 13.7. The number of hydrogen-bond donors (Lipinski definition) is 2. The Balaban J connectivity index is 1.24. The molecule has 61 heavy (non-hydrogen) atoms. The van der Waals surface area contributed by atoms with Gasteiger partial charge in [0.25, 0.3) is 0 Å². The number of rotatable bonds is 25. The van der Waals surface area contributed by atoms with Crippen molar-refractivity contribution in [1.29, 1.82) is 0 Å². The van der Waals surface area contributed by atoms with E-state index in [2.05, 4.69) is 43.2 Å². The highest BCUT2D eigenvalue weighted by Gasteiger charge is 2.27. The first-order valence-corrected chi connectivity index (χ1v) is 22.4. The van der Waals surface area contributed by atoms with E-state index in [1.807, 2.05) is 117 Å². The fourth-order valence-corrected chi connectivity index (χ4v) is 7.49. The van der Waals surface area contributed by atoms with E-state index in [4.69, 9.17) is 27.8 Å². The Kier molecular flexibility index (Phi) is 20.3. The van der Waals surface area contributed by atoms with Crippen LogP contribution >= 0.6 is 7.82 Å². The molecule has 0 spiro atoms. The van der Waals surface area contributed by atoms with Gasteiger partial charge < -0.3 is 29.7 Å². The van der Waals surface area contributed by atoms with Crippen molar-refractivity contribution >= 4 is 43.0 Å². The molecule has 0 aliphatic carbocycles. The lowest BCUT2D eigenvalue weighted by Crippen LogP contribution is -2.32. The number of carbonyl (C=O) groups is 3. The first-order chi connectivity index (χ1) is 29.3. The molecule has 4 aromatic carbocycles. The predicted molar refractivity (Wildman–Crippen MR) is 238 cm³/mol. The highest BCUT2D eigenvalue weighted by molar-refractivity contribution is 7.48. The maximum atomic E-state index is 13.4. The van der Waals surface area contributed by atoms with Crippen molar-refractivity contribution in [3.63, 3.8) is 0 Å². The lowest BCUT2D eigenvalue weighted by Gasteiger charge is -2.31. The summed E-state index contributed by atoms with van der Waals surface area (Å²) in [4.78, 5) is 40.7. The third kappa shape index (κ3) is 18.1. The Labute approximate surface area is 361 Å². The first kappa shape index (κ1) is 48.5. The maximum Gasteiger partial charge on any atom is 0.511 e. The number of phosphoric acid groups is 1. The normalized spacial score (nSPS) is 11.9. The molecular weight excluding hydrogens is 798 g/mol. The zero-order chi connectivity index (χ0) is 44.0. The molecule has 0 radical (unpaired) electrons. The van der Waals surface area contributed by atoms with Crippen LogP contribution in [0.3, 0.4) is 0 Å². The molecule has 13 nitrogen and oxygen atoms in total. The van der Waals surface area contributed by atoms with Crippen LogP contribution < -0.4 is 15.5 Å². The fraction of sp³-hybridized carbons (Fsp3) is 0.426. The van der Waals surface area contributed by atoms with Crippen LogP contribution in [0.1, 0.15) is 88.5 Å². The molecule has 4 aromatic rings. The van der Waals surface area contributed by atoms with E-state index >= 15 is 0 Å². The predicted octanol–water partition coefficient (Wildman–Crippen LogP) is 11.6. The van der Waals surface area contributed by atoms with Gasteiger partial charge >= 0.3 is 26.0 Å². The van der Waals surface area contributed by atoms with Crippen molar-refractivity contribution in [3.05, 3.63) is 125 Å². The third-order valence-corrected chi connectivity index (χ3v) is 10.7. The van der Waals surface area contributed by atoms with Gasteiger partial charge in [0, 0.05) is 18.8 Å². The number of ether oxygens (including phenoxy) is 3. The number of hydrogen-bond acceptors (Lipinski definition) is 11. The smallest absolute Gasteiger partial charge is 0.434 e. The minimum atomic E-state index is -3.91. The monoisotopic (exact) mass is 859 g/mol. The van der Waals surface area contributed by atoms with Crippen LogP contribution in [-0.4, -0.2) is 51.3 Å². The van der Waals surface area contributed by atoms with Gasteiger partial charge in [-0.3, -0.25) is 18.4 Å². The molecule has 14 heteroatoms. The molecule has 0 saturated heterocycles. The molecule has 2 N–H and O–H groups in total. The molecule has 4 rings (SSSR count). The van der Waals surface area contributed by atoms with Gasteiger partial charge in [-0.05, 0) is 84.9 Å². The van der Waals surface area contributed by atoms with E-state index < -0.39 is 26.7 Å². The number of benzene rings is 4. The van der Waals surface area contributed by atoms with Crippen molar-refractivity contribution in [2.45, 2.75) is 86.4 Å². The van der Waals surface area contributed by atoms with Crippen LogP contribution in [0.4, 0.5) is 26.7 Å². The fourth-order valence-electron chi connectivity index (χ4n) is 6.30. The molecule has 0 bridgehead atoms. The summed E-state index contributed by atoms with van der Waals surface area (Å²) in [6, 6.07) is 31.7. The molecule has 0 heterocycles. The Morgan fingerprint density at radius 3 is 1.85 bits per heavy atom. The van der Waals surface area contributed by atoms with Crippen LogP contribution in [0.5, 0.6) is 0 Å². The van der Waals surface area contributed by atoms with Gasteiger partial charge in [-0.25, -0.2) is 14.2 Å². The standard InChI is InChI=1S/C47H62N3O10P/c1-7-40(41-22-25-44(50(30-35(2)3)31-36(4)5)43(28-41)49-46(52)48-42-23-20-37(6)21-24-42)29-45(51)56-34-57-47(53)55-26-14-15-27-58-61(54,59-32-38-16-10-8-11-17-38)60-33-39-18-12-9-13-19-39/h8-13,16-25,28,35-36,40H,7,14-15,26-27,29-34H2,1-6H3,(H2,48,49,52)/t40-/m0/s1. The van der Waals surface area contributed by atoms with Gasteiger partial charge in [0.2, 0.25) is 6.79 Å². The number of unbranched alkanes of at least 4 members (excludes halogenated alkanes) is 1. The number of nitrogens with zero attached hydrogens (tertiary/aromatic N) is 1. The lowest BCUT2D eigenvalue weighted by atomic mass is 9.92. The van der Waals surface area contributed by atoms with E-state index in [1.165, 1.54) is 0 Å². The van der Waals surface area contributed by atoms with Gasteiger partial charge in [0.05, 0.1) is 44.2 Å². The van der Waals surface area contributed by atoms with Gasteiger partial charge in [-0.2, -0.15) is 0 Å². The minimum absolute atomic E-state index is 0.00470. The molecule has 0 aliphatic heterocycles. The second-order valence-electron chi connectivity index (χ2n) is 15.6. The quantitative estimate of drug-likeness (QED) is 0.0283. The molecule has 0 saturated carbocycles. The molecule has 0 aliphatic rings. The van der Waals surface area contributed by atoms with E-state index in [-0.39, 0.29) is 44.8 Å². The van der Waals surface area contributed by atoms with Crippen LogP contribution in [0, 0.1) is 18.8 Å². The zero-order valence-corrected chi connectivity index (χ0v) is 37.2.